The van der Waals surface area contributed by atoms with Crippen molar-refractivity contribution < 1.29 is 17.9 Å². The van der Waals surface area contributed by atoms with Crippen LogP contribution in [0.2, 0.25) is 0 Å². The third-order valence-electron chi connectivity index (χ3n) is 5.05. The number of aryl methyl sites for hydroxylation is 1. The maximum absolute atomic E-state index is 13.0. The molecule has 0 aliphatic carbocycles. The number of piperazine rings is 1. The van der Waals surface area contributed by atoms with Crippen molar-refractivity contribution in [2.45, 2.75) is 18.1 Å². The molecule has 2 aromatic rings. The van der Waals surface area contributed by atoms with Crippen LogP contribution in [-0.4, -0.2) is 86.1 Å². The number of carbonyl (C=O) groups excluding carboxylic acids is 1. The summed E-state index contributed by atoms with van der Waals surface area (Å²) in [6.07, 6.45) is 1.29. The van der Waals surface area contributed by atoms with Gasteiger partial charge < -0.3 is 19.9 Å². The van der Waals surface area contributed by atoms with Gasteiger partial charge >= 0.3 is 0 Å². The Labute approximate surface area is 185 Å². The Morgan fingerprint density at radius 2 is 1.81 bits per heavy atom. The van der Waals surface area contributed by atoms with E-state index in [0.29, 0.717) is 45.3 Å². The highest BCUT2D eigenvalue weighted by molar-refractivity contribution is 7.91. The van der Waals surface area contributed by atoms with Crippen LogP contribution >= 0.6 is 11.3 Å². The van der Waals surface area contributed by atoms with Crippen molar-refractivity contribution in [3.63, 3.8) is 0 Å². The fourth-order valence-electron chi connectivity index (χ4n) is 3.48. The van der Waals surface area contributed by atoms with Crippen molar-refractivity contribution >= 4 is 44.2 Å². The maximum Gasteiger partial charge on any atom is 0.254 e. The van der Waals surface area contributed by atoms with Crippen LogP contribution in [0.25, 0.3) is 0 Å². The van der Waals surface area contributed by atoms with Gasteiger partial charge in [0, 0.05) is 58.0 Å². The van der Waals surface area contributed by atoms with Gasteiger partial charge in [0.2, 0.25) is 11.9 Å². The second kappa shape index (κ2) is 9.02. The Balaban J connectivity index is 1.44. The average molecular weight is 468 g/mol. The van der Waals surface area contributed by atoms with E-state index in [-0.39, 0.29) is 15.2 Å². The molecule has 1 N–H and O–H groups in total. The lowest BCUT2D eigenvalue weighted by molar-refractivity contribution is -0.114. The van der Waals surface area contributed by atoms with Crippen molar-refractivity contribution in [1.82, 2.24) is 19.3 Å². The fraction of sp³-hybridized carbons (Fsp3) is 0.556. The zero-order valence-corrected chi connectivity index (χ0v) is 19.1. The van der Waals surface area contributed by atoms with Gasteiger partial charge in [-0.1, -0.05) is 11.3 Å². The van der Waals surface area contributed by atoms with Gasteiger partial charge in [-0.25, -0.2) is 18.4 Å². The highest BCUT2D eigenvalue weighted by Crippen LogP contribution is 2.27. The largest absolute Gasteiger partial charge is 0.378 e. The minimum Gasteiger partial charge on any atom is -0.378 e. The van der Waals surface area contributed by atoms with E-state index in [4.69, 9.17) is 9.72 Å². The Morgan fingerprint density at radius 3 is 2.48 bits per heavy atom. The highest BCUT2D eigenvalue weighted by atomic mass is 32.2. The molecule has 0 bridgehead atoms. The van der Waals surface area contributed by atoms with E-state index in [1.807, 2.05) is 13.0 Å². The Bertz CT molecular complexity index is 1040. The summed E-state index contributed by atoms with van der Waals surface area (Å²) >= 11 is 0.956. The number of anilines is 3. The van der Waals surface area contributed by atoms with Crippen LogP contribution in [0.5, 0.6) is 0 Å². The van der Waals surface area contributed by atoms with Crippen molar-refractivity contribution in [2.75, 3.05) is 67.6 Å². The predicted molar refractivity (Wildman–Crippen MR) is 117 cm³/mol. The second-order valence-corrected chi connectivity index (χ2v) is 10.5. The van der Waals surface area contributed by atoms with Gasteiger partial charge in [-0.2, -0.15) is 9.29 Å². The number of ether oxygens (including phenoxy) is 1. The molecule has 0 saturated carbocycles. The number of hydrogen-bond donors (Lipinski definition) is 1. The van der Waals surface area contributed by atoms with Crippen molar-refractivity contribution in [1.29, 1.82) is 0 Å². The topological polar surface area (TPSA) is 121 Å². The molecule has 2 fully saturated rings. The molecule has 2 aliphatic rings. The summed E-state index contributed by atoms with van der Waals surface area (Å²) in [5.41, 5.74) is 0.872. The third kappa shape index (κ3) is 4.95. The molecular formula is C18H25N7O4S2. The summed E-state index contributed by atoms with van der Waals surface area (Å²) in [6, 6.07) is 1.93. The summed E-state index contributed by atoms with van der Waals surface area (Å²) in [7, 11) is -3.66. The van der Waals surface area contributed by atoms with Gasteiger partial charge in [-0.3, -0.25) is 4.79 Å². The molecule has 4 rings (SSSR count). The Kier molecular flexibility index (Phi) is 6.36. The lowest BCUT2D eigenvalue weighted by Crippen LogP contribution is -2.49. The van der Waals surface area contributed by atoms with E-state index in [1.165, 1.54) is 17.4 Å². The first-order valence-corrected chi connectivity index (χ1v) is 12.3. The van der Waals surface area contributed by atoms with Crippen LogP contribution in [0.4, 0.5) is 16.9 Å². The van der Waals surface area contributed by atoms with E-state index in [9.17, 15) is 13.2 Å². The summed E-state index contributed by atoms with van der Waals surface area (Å²) in [5.74, 6) is 1.20. The SMILES string of the molecule is CC(=O)Nc1ncc(S(=O)(=O)N2CCN(c3cc(C)nc(N4CCOCC4)n3)CC2)s1. The lowest BCUT2D eigenvalue weighted by Gasteiger charge is -2.35. The van der Waals surface area contributed by atoms with Crippen LogP contribution < -0.4 is 15.1 Å². The zero-order valence-electron chi connectivity index (χ0n) is 17.4. The van der Waals surface area contributed by atoms with Gasteiger partial charge in [-0.15, -0.1) is 0 Å². The molecule has 2 aromatic heterocycles. The van der Waals surface area contributed by atoms with Crippen LogP contribution in [0.3, 0.4) is 0 Å². The molecule has 0 spiro atoms. The van der Waals surface area contributed by atoms with E-state index in [0.717, 1.165) is 35.9 Å². The summed E-state index contributed by atoms with van der Waals surface area (Å²) in [4.78, 5) is 28.6. The first kappa shape index (κ1) is 21.9. The van der Waals surface area contributed by atoms with E-state index < -0.39 is 10.0 Å². The molecule has 0 atom stereocenters. The van der Waals surface area contributed by atoms with Gasteiger partial charge in [-0.05, 0) is 6.92 Å². The monoisotopic (exact) mass is 467 g/mol. The van der Waals surface area contributed by atoms with E-state index in [1.54, 1.807) is 0 Å². The number of carbonyl (C=O) groups is 1. The molecular weight excluding hydrogens is 442 g/mol. The number of aromatic nitrogens is 3. The van der Waals surface area contributed by atoms with Gasteiger partial charge in [0.25, 0.3) is 10.0 Å². The number of nitrogens with one attached hydrogen (secondary N) is 1. The van der Waals surface area contributed by atoms with Crippen molar-refractivity contribution in [3.8, 4) is 0 Å². The number of nitrogens with zero attached hydrogens (tertiary/aromatic N) is 6. The lowest BCUT2D eigenvalue weighted by atomic mass is 10.3. The van der Waals surface area contributed by atoms with Gasteiger partial charge in [0.05, 0.1) is 19.4 Å². The fourth-order valence-corrected chi connectivity index (χ4v) is 6.13. The molecule has 2 saturated heterocycles. The second-order valence-electron chi connectivity index (χ2n) is 7.32. The Morgan fingerprint density at radius 1 is 1.10 bits per heavy atom. The Hall–Kier alpha value is -2.35. The minimum absolute atomic E-state index is 0.122. The molecule has 31 heavy (non-hydrogen) atoms. The predicted octanol–water partition coefficient (Wildman–Crippen LogP) is 0.547. The van der Waals surface area contributed by atoms with Crippen molar-refractivity contribution in [3.05, 3.63) is 18.0 Å². The van der Waals surface area contributed by atoms with Crippen LogP contribution in [0, 0.1) is 6.92 Å². The molecule has 0 radical (unpaired) electrons. The van der Waals surface area contributed by atoms with E-state index in [2.05, 4.69) is 25.1 Å². The van der Waals surface area contributed by atoms with Crippen LogP contribution in [0.1, 0.15) is 12.6 Å². The number of amides is 1. The first-order chi connectivity index (χ1) is 14.8. The molecule has 0 unspecified atom stereocenters. The average Bonchev–Trinajstić information content (AvgIpc) is 3.23. The molecule has 11 nitrogen and oxygen atoms in total. The molecule has 4 heterocycles. The zero-order chi connectivity index (χ0) is 22.0. The third-order valence-corrected chi connectivity index (χ3v) is 8.30. The van der Waals surface area contributed by atoms with Gasteiger partial charge in [0.1, 0.15) is 5.82 Å². The number of thiazole rings is 1. The number of sulfonamides is 1. The molecule has 0 aromatic carbocycles. The smallest absolute Gasteiger partial charge is 0.254 e. The number of hydrogen-bond acceptors (Lipinski definition) is 10. The number of morpholine rings is 1. The van der Waals surface area contributed by atoms with Crippen molar-refractivity contribution in [2.24, 2.45) is 0 Å². The van der Waals surface area contributed by atoms with E-state index >= 15 is 0 Å². The van der Waals surface area contributed by atoms with Crippen LogP contribution in [0.15, 0.2) is 16.5 Å². The maximum atomic E-state index is 13.0. The van der Waals surface area contributed by atoms with Crippen LogP contribution in [-0.2, 0) is 19.6 Å². The molecule has 13 heteroatoms. The first-order valence-electron chi connectivity index (χ1n) is 10.00. The summed E-state index contributed by atoms with van der Waals surface area (Å²) < 4.78 is 32.9. The standard InChI is InChI=1S/C18H25N7O4S2/c1-13-11-15(22-17(20-13)24-7-9-29-10-8-24)23-3-5-25(6-4-23)31(27,28)16-12-19-18(30-16)21-14(2)26/h11-12H,3-10H2,1-2H3,(H,19,21,26). The highest BCUT2D eigenvalue weighted by Gasteiger charge is 2.31. The minimum atomic E-state index is -3.66. The summed E-state index contributed by atoms with van der Waals surface area (Å²) in [6.45, 7) is 7.84. The quantitative estimate of drug-likeness (QED) is 0.672. The molecule has 168 valence electrons. The number of rotatable bonds is 5. The van der Waals surface area contributed by atoms with Gasteiger partial charge in [0.15, 0.2) is 9.34 Å². The summed E-state index contributed by atoms with van der Waals surface area (Å²) in [5, 5.41) is 2.79. The molecule has 1 amide bonds. The normalized spacial score (nSPS) is 18.3. The molecule has 2 aliphatic heterocycles.